The number of nitrogens with zero attached hydrogens (tertiary/aromatic N) is 2. The summed E-state index contributed by atoms with van der Waals surface area (Å²) in [5.74, 6) is 2.18. The number of hydrogen-bond acceptors (Lipinski definition) is 4. The highest BCUT2D eigenvalue weighted by molar-refractivity contribution is 5.80. The van der Waals surface area contributed by atoms with Gasteiger partial charge in [0.1, 0.15) is 5.75 Å². The molecule has 2 rings (SSSR count). The lowest BCUT2D eigenvalue weighted by Crippen LogP contribution is -2.49. The highest BCUT2D eigenvalue weighted by Crippen LogP contribution is 2.15. The molecule has 0 atom stereocenters. The average molecular weight is 405 g/mol. The van der Waals surface area contributed by atoms with Gasteiger partial charge in [0.2, 0.25) is 0 Å². The van der Waals surface area contributed by atoms with E-state index in [1.54, 1.807) is 4.90 Å². The van der Waals surface area contributed by atoms with E-state index < -0.39 is 0 Å². The Morgan fingerprint density at radius 1 is 1.28 bits per heavy atom. The van der Waals surface area contributed by atoms with Crippen molar-refractivity contribution >= 4 is 12.1 Å². The van der Waals surface area contributed by atoms with Crippen molar-refractivity contribution in [1.82, 2.24) is 15.5 Å². The lowest BCUT2D eigenvalue weighted by atomic mass is 10.1. The molecule has 0 saturated carbocycles. The summed E-state index contributed by atoms with van der Waals surface area (Å²) in [5, 5.41) is 6.81. The largest absolute Gasteiger partial charge is 0.493 e. The van der Waals surface area contributed by atoms with Gasteiger partial charge in [0.05, 0.1) is 19.8 Å². The van der Waals surface area contributed by atoms with Crippen LogP contribution in [0.1, 0.15) is 46.1 Å². The van der Waals surface area contributed by atoms with Crippen LogP contribution in [0.3, 0.4) is 0 Å². The molecule has 7 nitrogen and oxygen atoms in total. The van der Waals surface area contributed by atoms with E-state index in [1.165, 1.54) is 0 Å². The molecular formula is C22H36N4O3. The molecule has 29 heavy (non-hydrogen) atoms. The first kappa shape index (κ1) is 22.8. The summed E-state index contributed by atoms with van der Waals surface area (Å²) < 4.78 is 10.9. The Hall–Kier alpha value is -2.44. The number of nitrogens with one attached hydrogen (secondary N) is 2. The third-order valence-electron chi connectivity index (χ3n) is 4.61. The Labute approximate surface area is 174 Å². The topological polar surface area (TPSA) is 75.2 Å². The minimum absolute atomic E-state index is 0.217. The molecule has 0 bridgehead atoms. The third kappa shape index (κ3) is 8.21. The summed E-state index contributed by atoms with van der Waals surface area (Å²) in [4.78, 5) is 18.3. The van der Waals surface area contributed by atoms with E-state index in [4.69, 9.17) is 14.5 Å². The molecule has 1 fully saturated rings. The summed E-state index contributed by atoms with van der Waals surface area (Å²) in [6.45, 7) is 12.1. The number of guanidine groups is 1. The summed E-state index contributed by atoms with van der Waals surface area (Å²) in [5.41, 5.74) is 1.11. The molecule has 2 N–H and O–H groups in total. The van der Waals surface area contributed by atoms with E-state index in [1.807, 2.05) is 25.1 Å². The molecule has 1 amide bonds. The van der Waals surface area contributed by atoms with Gasteiger partial charge in [-0.1, -0.05) is 26.0 Å². The zero-order valence-corrected chi connectivity index (χ0v) is 18.2. The van der Waals surface area contributed by atoms with Crippen LogP contribution in [0.15, 0.2) is 29.3 Å². The van der Waals surface area contributed by atoms with E-state index in [0.29, 0.717) is 44.8 Å². The van der Waals surface area contributed by atoms with E-state index >= 15 is 0 Å². The Morgan fingerprint density at radius 3 is 2.69 bits per heavy atom. The SMILES string of the molecule is CCNC(=NCc1cccc(OCC(C)C)c1)NC1CCN(C(=O)OCC)CC1. The smallest absolute Gasteiger partial charge is 0.409 e. The molecule has 0 aromatic heterocycles. The van der Waals surface area contributed by atoms with Gasteiger partial charge in [-0.05, 0) is 50.3 Å². The molecule has 0 aliphatic carbocycles. The summed E-state index contributed by atoms with van der Waals surface area (Å²) in [7, 11) is 0. The van der Waals surface area contributed by atoms with Gasteiger partial charge in [0.15, 0.2) is 5.96 Å². The van der Waals surface area contributed by atoms with Gasteiger partial charge < -0.3 is 25.0 Å². The Balaban J connectivity index is 1.88. The first-order valence-corrected chi connectivity index (χ1v) is 10.7. The molecule has 0 radical (unpaired) electrons. The second kappa shape index (κ2) is 12.2. The van der Waals surface area contributed by atoms with Crippen LogP contribution in [0.5, 0.6) is 5.75 Å². The lowest BCUT2D eigenvalue weighted by Gasteiger charge is -2.32. The highest BCUT2D eigenvalue weighted by Gasteiger charge is 2.24. The van der Waals surface area contributed by atoms with Crippen LogP contribution in [-0.4, -0.2) is 55.8 Å². The monoisotopic (exact) mass is 404 g/mol. The molecule has 0 spiro atoms. The zero-order valence-electron chi connectivity index (χ0n) is 18.2. The van der Waals surface area contributed by atoms with Crippen LogP contribution < -0.4 is 15.4 Å². The van der Waals surface area contributed by atoms with Gasteiger partial charge in [-0.2, -0.15) is 0 Å². The fraction of sp³-hybridized carbons (Fsp3) is 0.636. The molecule has 1 saturated heterocycles. The number of aliphatic imine (C=N–C) groups is 1. The Bertz CT molecular complexity index is 655. The van der Waals surface area contributed by atoms with Crippen LogP contribution in [-0.2, 0) is 11.3 Å². The van der Waals surface area contributed by atoms with Gasteiger partial charge >= 0.3 is 6.09 Å². The third-order valence-corrected chi connectivity index (χ3v) is 4.61. The number of carbonyl (C=O) groups is 1. The van der Waals surface area contributed by atoms with Crippen LogP contribution in [0.25, 0.3) is 0 Å². The quantitative estimate of drug-likeness (QED) is 0.513. The van der Waals surface area contributed by atoms with Gasteiger partial charge in [0.25, 0.3) is 0 Å². The molecule has 162 valence electrons. The molecule has 1 aliphatic heterocycles. The summed E-state index contributed by atoms with van der Waals surface area (Å²) in [6.07, 6.45) is 1.54. The Kier molecular flexibility index (Phi) is 9.60. The number of carbonyl (C=O) groups excluding carboxylic acids is 1. The van der Waals surface area contributed by atoms with Crippen molar-refractivity contribution in [2.75, 3.05) is 32.8 Å². The number of benzene rings is 1. The normalized spacial score (nSPS) is 15.3. The molecule has 1 heterocycles. The number of piperidine rings is 1. The molecule has 1 aliphatic rings. The highest BCUT2D eigenvalue weighted by atomic mass is 16.6. The van der Waals surface area contributed by atoms with E-state index in [0.717, 1.165) is 36.7 Å². The van der Waals surface area contributed by atoms with Crippen molar-refractivity contribution in [2.24, 2.45) is 10.9 Å². The summed E-state index contributed by atoms with van der Waals surface area (Å²) in [6, 6.07) is 8.39. The predicted octanol–water partition coefficient (Wildman–Crippen LogP) is 3.40. The Morgan fingerprint density at radius 2 is 2.03 bits per heavy atom. The second-order valence-corrected chi connectivity index (χ2v) is 7.65. The van der Waals surface area contributed by atoms with Gasteiger partial charge in [-0.25, -0.2) is 9.79 Å². The standard InChI is InChI=1S/C22H36N4O3/c1-5-23-21(25-19-10-12-26(13-11-19)22(27)28-6-2)24-15-18-8-7-9-20(14-18)29-16-17(3)4/h7-9,14,17,19H,5-6,10-13,15-16H2,1-4H3,(H2,23,24,25). The zero-order chi connectivity index (χ0) is 21.1. The predicted molar refractivity (Wildman–Crippen MR) is 116 cm³/mol. The fourth-order valence-electron chi connectivity index (χ4n) is 3.10. The number of ether oxygens (including phenoxy) is 2. The van der Waals surface area contributed by atoms with Crippen LogP contribution >= 0.6 is 0 Å². The van der Waals surface area contributed by atoms with Gasteiger partial charge in [-0.15, -0.1) is 0 Å². The van der Waals surface area contributed by atoms with E-state index in [9.17, 15) is 4.79 Å². The minimum Gasteiger partial charge on any atom is -0.493 e. The minimum atomic E-state index is -0.217. The number of rotatable bonds is 8. The van der Waals surface area contributed by atoms with Crippen molar-refractivity contribution < 1.29 is 14.3 Å². The van der Waals surface area contributed by atoms with Crippen molar-refractivity contribution in [3.8, 4) is 5.75 Å². The molecule has 1 aromatic rings. The fourth-order valence-corrected chi connectivity index (χ4v) is 3.10. The molecule has 0 unspecified atom stereocenters. The van der Waals surface area contributed by atoms with Crippen molar-refractivity contribution in [2.45, 2.75) is 53.1 Å². The van der Waals surface area contributed by atoms with Crippen molar-refractivity contribution in [3.63, 3.8) is 0 Å². The number of likely N-dealkylation sites (tertiary alicyclic amines) is 1. The summed E-state index contributed by atoms with van der Waals surface area (Å²) >= 11 is 0. The molecular weight excluding hydrogens is 368 g/mol. The number of hydrogen-bond donors (Lipinski definition) is 2. The first-order chi connectivity index (χ1) is 14.0. The maximum atomic E-state index is 11.8. The maximum absolute atomic E-state index is 11.8. The van der Waals surface area contributed by atoms with Crippen LogP contribution in [0.4, 0.5) is 4.79 Å². The maximum Gasteiger partial charge on any atom is 0.409 e. The van der Waals surface area contributed by atoms with Crippen molar-refractivity contribution in [3.05, 3.63) is 29.8 Å². The van der Waals surface area contributed by atoms with Crippen LogP contribution in [0, 0.1) is 5.92 Å². The first-order valence-electron chi connectivity index (χ1n) is 10.7. The molecule has 1 aromatic carbocycles. The molecule has 7 heteroatoms. The number of amides is 1. The van der Waals surface area contributed by atoms with E-state index in [-0.39, 0.29) is 6.09 Å². The van der Waals surface area contributed by atoms with Gasteiger partial charge in [-0.3, -0.25) is 0 Å². The lowest BCUT2D eigenvalue weighted by molar-refractivity contribution is 0.0963. The van der Waals surface area contributed by atoms with Gasteiger partial charge in [0, 0.05) is 25.7 Å². The second-order valence-electron chi connectivity index (χ2n) is 7.65. The van der Waals surface area contributed by atoms with E-state index in [2.05, 4.69) is 37.5 Å². The van der Waals surface area contributed by atoms with Crippen molar-refractivity contribution in [1.29, 1.82) is 0 Å². The average Bonchev–Trinajstić information content (AvgIpc) is 2.72. The van der Waals surface area contributed by atoms with Crippen LogP contribution in [0.2, 0.25) is 0 Å².